The molecule has 0 aliphatic heterocycles. The first-order valence-corrected chi connectivity index (χ1v) is 12.2. The molecule has 0 spiro atoms. The third-order valence-corrected chi connectivity index (χ3v) is 5.84. The van der Waals surface area contributed by atoms with Crippen molar-refractivity contribution in [3.05, 3.63) is 64.1 Å². The standard InChI is InChI=1S/C24H27F3N4O4.C2HF3O2/c1-5-8-24(4,29-23(33)34)12-28-22(32)20-14(3)30-31-18(20)9-13(2)10-19(31)35-11-15-16(25)6-7-17(26)21(15)27;3-2(4,5)1(6)7/h6-7,9-10,29H,5,8,11-12H2,1-4H3,(H,28,32)(H,33,34);(H,6,7). The zero-order valence-corrected chi connectivity index (χ0v) is 22.8. The molecule has 2 heterocycles. The number of alkyl halides is 3. The number of nitrogens with one attached hydrogen (secondary N) is 2. The summed E-state index contributed by atoms with van der Waals surface area (Å²) in [5.41, 5.74) is 0.252. The molecular weight excluding hydrogens is 578 g/mol. The summed E-state index contributed by atoms with van der Waals surface area (Å²) in [5.74, 6) is -6.60. The lowest BCUT2D eigenvalue weighted by molar-refractivity contribution is -0.192. The van der Waals surface area contributed by atoms with Gasteiger partial charge in [0.05, 0.1) is 27.9 Å². The van der Waals surface area contributed by atoms with Gasteiger partial charge in [-0.1, -0.05) is 13.3 Å². The predicted octanol–water partition coefficient (Wildman–Crippen LogP) is 5.14. The molecule has 0 saturated carbocycles. The van der Waals surface area contributed by atoms with Gasteiger partial charge in [0.1, 0.15) is 12.4 Å². The Balaban J connectivity index is 0.000000782. The van der Waals surface area contributed by atoms with Gasteiger partial charge < -0.3 is 25.6 Å². The molecule has 1 atom stereocenters. The molecule has 0 fully saturated rings. The van der Waals surface area contributed by atoms with E-state index in [9.17, 15) is 35.9 Å². The number of carbonyl (C=O) groups excluding carboxylic acids is 1. The Hall–Kier alpha value is -4.50. The summed E-state index contributed by atoms with van der Waals surface area (Å²) in [6, 6.07) is 4.78. The zero-order chi connectivity index (χ0) is 32.0. The number of rotatable bonds is 9. The van der Waals surface area contributed by atoms with Gasteiger partial charge in [-0.3, -0.25) is 4.79 Å². The van der Waals surface area contributed by atoms with Crippen LogP contribution >= 0.6 is 0 Å². The molecule has 1 aromatic carbocycles. The Labute approximate surface area is 235 Å². The molecule has 2 aromatic heterocycles. The highest BCUT2D eigenvalue weighted by Gasteiger charge is 2.38. The SMILES string of the molecule is CCCC(C)(CNC(=O)c1c(C)nn2c(OCc3c(F)ccc(F)c3F)cc(C)cc12)NC(=O)O.O=C(O)C(F)(F)F. The molecule has 0 saturated heterocycles. The first-order valence-electron chi connectivity index (χ1n) is 12.2. The number of fused-ring (bicyclic) bond motifs is 1. The number of aryl methyl sites for hydroxylation is 2. The third kappa shape index (κ3) is 8.50. The summed E-state index contributed by atoms with van der Waals surface area (Å²) in [4.78, 5) is 33.2. The molecule has 42 heavy (non-hydrogen) atoms. The van der Waals surface area contributed by atoms with Crippen molar-refractivity contribution in [2.75, 3.05) is 6.54 Å². The average Bonchev–Trinajstić information content (AvgIpc) is 3.20. The number of benzene rings is 1. The van der Waals surface area contributed by atoms with Crippen molar-refractivity contribution in [1.29, 1.82) is 0 Å². The van der Waals surface area contributed by atoms with E-state index in [2.05, 4.69) is 15.7 Å². The third-order valence-electron chi connectivity index (χ3n) is 5.84. The number of carbonyl (C=O) groups is 3. The van der Waals surface area contributed by atoms with Crippen LogP contribution in [0.1, 0.15) is 53.9 Å². The molecule has 4 N–H and O–H groups in total. The van der Waals surface area contributed by atoms with Gasteiger partial charge >= 0.3 is 18.2 Å². The topological polar surface area (TPSA) is 142 Å². The number of hydrogen-bond donors (Lipinski definition) is 4. The van der Waals surface area contributed by atoms with E-state index in [4.69, 9.17) is 19.7 Å². The second-order valence-electron chi connectivity index (χ2n) is 9.47. The Morgan fingerprint density at radius 3 is 2.19 bits per heavy atom. The fraction of sp³-hybridized carbons (Fsp3) is 0.385. The lowest BCUT2D eigenvalue weighted by Crippen LogP contribution is -2.53. The van der Waals surface area contributed by atoms with E-state index >= 15 is 0 Å². The Bertz CT molecular complexity index is 1480. The highest BCUT2D eigenvalue weighted by Crippen LogP contribution is 2.25. The van der Waals surface area contributed by atoms with Crippen LogP contribution in [-0.4, -0.2) is 56.1 Å². The zero-order valence-electron chi connectivity index (χ0n) is 22.8. The molecule has 1 unspecified atom stereocenters. The van der Waals surface area contributed by atoms with Crippen molar-refractivity contribution in [3.63, 3.8) is 0 Å². The van der Waals surface area contributed by atoms with Crippen LogP contribution < -0.4 is 15.4 Å². The Morgan fingerprint density at radius 2 is 1.64 bits per heavy atom. The first kappa shape index (κ1) is 33.7. The van der Waals surface area contributed by atoms with Crippen LogP contribution in [0.15, 0.2) is 24.3 Å². The molecule has 16 heteroatoms. The lowest BCUT2D eigenvalue weighted by Gasteiger charge is -2.29. The van der Waals surface area contributed by atoms with E-state index in [1.807, 2.05) is 6.92 Å². The molecule has 0 radical (unpaired) electrons. The van der Waals surface area contributed by atoms with Gasteiger partial charge in [-0.15, -0.1) is 0 Å². The highest BCUT2D eigenvalue weighted by atomic mass is 19.4. The minimum absolute atomic E-state index is 0.0516. The van der Waals surface area contributed by atoms with E-state index in [1.54, 1.807) is 32.9 Å². The average molecular weight is 607 g/mol. The van der Waals surface area contributed by atoms with Crippen molar-refractivity contribution in [2.24, 2.45) is 0 Å². The van der Waals surface area contributed by atoms with Crippen molar-refractivity contribution in [3.8, 4) is 5.88 Å². The summed E-state index contributed by atoms with van der Waals surface area (Å²) in [7, 11) is 0. The van der Waals surface area contributed by atoms with E-state index in [-0.39, 0.29) is 18.0 Å². The normalized spacial score (nSPS) is 12.6. The number of ether oxygens (including phenoxy) is 1. The van der Waals surface area contributed by atoms with Gasteiger partial charge in [-0.05, 0) is 51.0 Å². The summed E-state index contributed by atoms with van der Waals surface area (Å²) >= 11 is 0. The van der Waals surface area contributed by atoms with E-state index in [0.29, 0.717) is 35.7 Å². The number of aliphatic carboxylic acids is 1. The molecule has 2 amide bonds. The maximum atomic E-state index is 14.0. The van der Waals surface area contributed by atoms with Gasteiger partial charge in [-0.2, -0.15) is 22.8 Å². The monoisotopic (exact) mass is 606 g/mol. The number of carboxylic acids is 1. The second-order valence-corrected chi connectivity index (χ2v) is 9.47. The minimum Gasteiger partial charge on any atom is -0.475 e. The summed E-state index contributed by atoms with van der Waals surface area (Å²) in [5, 5.41) is 25.8. The van der Waals surface area contributed by atoms with Crippen molar-refractivity contribution in [2.45, 2.75) is 58.9 Å². The van der Waals surface area contributed by atoms with Gasteiger partial charge in [0.2, 0.25) is 5.88 Å². The predicted molar refractivity (Wildman–Crippen MR) is 136 cm³/mol. The maximum Gasteiger partial charge on any atom is 0.490 e. The van der Waals surface area contributed by atoms with Crippen molar-refractivity contribution < 1.29 is 55.7 Å². The number of pyridine rings is 1. The number of hydrogen-bond acceptors (Lipinski definition) is 5. The van der Waals surface area contributed by atoms with E-state index in [1.165, 1.54) is 4.52 Å². The van der Waals surface area contributed by atoms with Crippen LogP contribution in [0.4, 0.5) is 31.1 Å². The number of halogens is 6. The Kier molecular flexibility index (Phi) is 10.8. The smallest absolute Gasteiger partial charge is 0.475 e. The highest BCUT2D eigenvalue weighted by molar-refractivity contribution is 6.02. The van der Waals surface area contributed by atoms with Crippen LogP contribution in [0, 0.1) is 31.3 Å². The largest absolute Gasteiger partial charge is 0.490 e. The molecule has 0 aliphatic carbocycles. The molecule has 0 aliphatic rings. The van der Waals surface area contributed by atoms with Crippen LogP contribution in [0.5, 0.6) is 5.88 Å². The molecule has 0 bridgehead atoms. The van der Waals surface area contributed by atoms with E-state index < -0.39 is 59.3 Å². The molecular formula is C26H28F6N4O6. The Morgan fingerprint density at radius 1 is 1.05 bits per heavy atom. The minimum atomic E-state index is -5.08. The van der Waals surface area contributed by atoms with Crippen molar-refractivity contribution in [1.82, 2.24) is 20.2 Å². The fourth-order valence-corrected chi connectivity index (χ4v) is 3.96. The fourth-order valence-electron chi connectivity index (χ4n) is 3.96. The molecule has 3 rings (SSSR count). The van der Waals surface area contributed by atoms with Gasteiger partial charge in [-0.25, -0.2) is 22.8 Å². The maximum absolute atomic E-state index is 14.0. The molecule has 230 valence electrons. The summed E-state index contributed by atoms with van der Waals surface area (Å²) < 4.78 is 80.2. The number of carboxylic acid groups (broad SMARTS) is 2. The molecule has 10 nitrogen and oxygen atoms in total. The van der Waals surface area contributed by atoms with Crippen LogP contribution in [0.3, 0.4) is 0 Å². The number of aromatic nitrogens is 2. The van der Waals surface area contributed by atoms with Crippen LogP contribution in [0.25, 0.3) is 5.52 Å². The second kappa shape index (κ2) is 13.4. The summed E-state index contributed by atoms with van der Waals surface area (Å²) in [6.07, 6.45) is -5.06. The molecule has 3 aromatic rings. The van der Waals surface area contributed by atoms with Gasteiger partial charge in [0, 0.05) is 12.6 Å². The number of amides is 2. The quantitative estimate of drug-likeness (QED) is 0.195. The van der Waals surface area contributed by atoms with Gasteiger partial charge in [0.25, 0.3) is 5.91 Å². The van der Waals surface area contributed by atoms with Crippen LogP contribution in [-0.2, 0) is 11.4 Å². The van der Waals surface area contributed by atoms with Crippen molar-refractivity contribution >= 4 is 23.5 Å². The number of nitrogens with zero attached hydrogens (tertiary/aromatic N) is 2. The summed E-state index contributed by atoms with van der Waals surface area (Å²) in [6.45, 7) is 6.43. The van der Waals surface area contributed by atoms with Crippen LogP contribution in [0.2, 0.25) is 0 Å². The van der Waals surface area contributed by atoms with E-state index in [0.717, 1.165) is 6.07 Å². The lowest BCUT2D eigenvalue weighted by atomic mass is 9.96. The van der Waals surface area contributed by atoms with Gasteiger partial charge in [0.15, 0.2) is 11.6 Å². The first-order chi connectivity index (χ1) is 19.4.